The van der Waals surface area contributed by atoms with Crippen LogP contribution in [0.3, 0.4) is 0 Å². The molecule has 0 atom stereocenters. The number of halogens is 1. The van der Waals surface area contributed by atoms with Gasteiger partial charge in [0.25, 0.3) is 0 Å². The van der Waals surface area contributed by atoms with E-state index in [9.17, 15) is 9.18 Å². The van der Waals surface area contributed by atoms with E-state index in [1.165, 1.54) is 12.1 Å². The third-order valence-corrected chi connectivity index (χ3v) is 3.80. The van der Waals surface area contributed by atoms with Crippen molar-refractivity contribution in [2.75, 3.05) is 0 Å². The summed E-state index contributed by atoms with van der Waals surface area (Å²) in [4.78, 5) is 16.2. The van der Waals surface area contributed by atoms with Crippen molar-refractivity contribution < 1.29 is 13.9 Å². The van der Waals surface area contributed by atoms with Gasteiger partial charge >= 0.3 is 5.97 Å². The molecular weight excluding hydrogens is 305 g/mol. The minimum absolute atomic E-state index is 0.00913. The van der Waals surface area contributed by atoms with Gasteiger partial charge in [-0.15, -0.1) is 0 Å². The van der Waals surface area contributed by atoms with E-state index in [4.69, 9.17) is 4.74 Å². The Labute approximate surface area is 137 Å². The number of aliphatic imine (C=N–C) groups is 1. The summed E-state index contributed by atoms with van der Waals surface area (Å²) < 4.78 is 18.9. The molecule has 3 aromatic rings. The highest BCUT2D eigenvalue weighted by Gasteiger charge is 2.25. The molecule has 116 valence electrons. The maximum absolute atomic E-state index is 13.8. The number of ether oxygens (including phenoxy) is 1. The molecule has 0 amide bonds. The van der Waals surface area contributed by atoms with E-state index < -0.39 is 11.8 Å². The van der Waals surface area contributed by atoms with E-state index in [0.717, 1.165) is 16.3 Å². The van der Waals surface area contributed by atoms with Gasteiger partial charge in [0, 0.05) is 0 Å². The number of nitrogens with zero attached hydrogens (tertiary/aromatic N) is 1. The highest BCUT2D eigenvalue weighted by molar-refractivity contribution is 6.13. The first kappa shape index (κ1) is 14.3. The Bertz CT molecular complexity index is 1020. The molecule has 0 aromatic heterocycles. The molecule has 4 heteroatoms. The molecule has 0 aliphatic carbocycles. The number of hydrogen-bond donors (Lipinski definition) is 0. The fourth-order valence-corrected chi connectivity index (χ4v) is 2.61. The number of benzene rings is 3. The average molecular weight is 317 g/mol. The first-order valence-electron chi connectivity index (χ1n) is 7.47. The number of cyclic esters (lactones) is 1. The zero-order valence-electron chi connectivity index (χ0n) is 12.6. The molecule has 0 saturated carbocycles. The highest BCUT2D eigenvalue weighted by atomic mass is 19.1. The van der Waals surface area contributed by atoms with Crippen LogP contribution in [0.1, 0.15) is 11.1 Å². The van der Waals surface area contributed by atoms with Gasteiger partial charge < -0.3 is 4.74 Å². The summed E-state index contributed by atoms with van der Waals surface area (Å²) in [6.45, 7) is 0. The van der Waals surface area contributed by atoms with Gasteiger partial charge in [-0.25, -0.2) is 14.2 Å². The van der Waals surface area contributed by atoms with Gasteiger partial charge in [0.15, 0.2) is 5.70 Å². The molecule has 0 radical (unpaired) electrons. The second-order valence-electron chi connectivity index (χ2n) is 5.42. The average Bonchev–Trinajstić information content (AvgIpc) is 2.96. The minimum atomic E-state index is -0.582. The fourth-order valence-electron chi connectivity index (χ4n) is 2.61. The fraction of sp³-hybridized carbons (Fsp3) is 0. The Morgan fingerprint density at radius 1 is 0.917 bits per heavy atom. The van der Waals surface area contributed by atoms with Crippen LogP contribution in [0.15, 0.2) is 77.4 Å². The number of fused-ring (bicyclic) bond motifs is 1. The molecule has 4 rings (SSSR count). The molecule has 0 N–H and O–H groups in total. The number of rotatable bonds is 2. The van der Waals surface area contributed by atoms with Crippen LogP contribution in [0.2, 0.25) is 0 Å². The van der Waals surface area contributed by atoms with Gasteiger partial charge in [-0.2, -0.15) is 0 Å². The van der Waals surface area contributed by atoms with Crippen LogP contribution < -0.4 is 0 Å². The van der Waals surface area contributed by atoms with E-state index in [-0.39, 0.29) is 17.2 Å². The Hall–Kier alpha value is -3.27. The van der Waals surface area contributed by atoms with Crippen molar-refractivity contribution in [3.8, 4) is 0 Å². The summed E-state index contributed by atoms with van der Waals surface area (Å²) in [5.74, 6) is -1.07. The quantitative estimate of drug-likeness (QED) is 0.521. The lowest BCUT2D eigenvalue weighted by atomic mass is 10.1. The van der Waals surface area contributed by atoms with Crippen molar-refractivity contribution >= 4 is 28.7 Å². The molecule has 1 aliphatic rings. The van der Waals surface area contributed by atoms with Crippen LogP contribution >= 0.6 is 0 Å². The number of carbonyl (C=O) groups is 1. The summed E-state index contributed by atoms with van der Waals surface area (Å²) in [6, 6.07) is 19.9. The third kappa shape index (κ3) is 2.58. The SMILES string of the molecule is O=C1OC(c2ccccc2F)=NC1=Cc1ccc2ccccc2c1. The molecule has 24 heavy (non-hydrogen) atoms. The maximum Gasteiger partial charge on any atom is 0.363 e. The summed E-state index contributed by atoms with van der Waals surface area (Å²) in [7, 11) is 0. The summed E-state index contributed by atoms with van der Waals surface area (Å²) in [5.41, 5.74) is 1.16. The lowest BCUT2D eigenvalue weighted by molar-refractivity contribution is -0.129. The molecule has 3 nitrogen and oxygen atoms in total. The Morgan fingerprint density at radius 3 is 2.50 bits per heavy atom. The molecule has 1 heterocycles. The standard InChI is InChI=1S/C20H12FNO2/c21-17-8-4-3-7-16(17)19-22-18(20(23)24-19)12-13-9-10-14-5-1-2-6-15(14)11-13/h1-12H. The molecule has 0 saturated heterocycles. The number of carbonyl (C=O) groups excluding carboxylic acids is 1. The van der Waals surface area contributed by atoms with Gasteiger partial charge in [-0.05, 0) is 40.6 Å². The van der Waals surface area contributed by atoms with Gasteiger partial charge in [0.2, 0.25) is 5.90 Å². The molecule has 0 unspecified atom stereocenters. The lowest BCUT2D eigenvalue weighted by Gasteiger charge is -1.99. The highest BCUT2D eigenvalue weighted by Crippen LogP contribution is 2.22. The second kappa shape index (κ2) is 5.74. The van der Waals surface area contributed by atoms with Crippen LogP contribution in [-0.4, -0.2) is 11.9 Å². The number of hydrogen-bond acceptors (Lipinski definition) is 3. The van der Waals surface area contributed by atoms with Crippen LogP contribution in [0, 0.1) is 5.82 Å². The molecule has 0 fully saturated rings. The van der Waals surface area contributed by atoms with Gasteiger partial charge in [-0.1, -0.05) is 48.5 Å². The maximum atomic E-state index is 13.8. The Kier molecular flexibility index (Phi) is 3.43. The van der Waals surface area contributed by atoms with Gasteiger partial charge in [0.05, 0.1) is 5.56 Å². The normalized spacial score (nSPS) is 15.6. The minimum Gasteiger partial charge on any atom is -0.402 e. The summed E-state index contributed by atoms with van der Waals surface area (Å²) >= 11 is 0. The molecule has 0 spiro atoms. The monoisotopic (exact) mass is 317 g/mol. The topological polar surface area (TPSA) is 38.7 Å². The zero-order chi connectivity index (χ0) is 16.5. The first-order chi connectivity index (χ1) is 11.7. The van der Waals surface area contributed by atoms with E-state index in [2.05, 4.69) is 4.99 Å². The van der Waals surface area contributed by atoms with Crippen molar-refractivity contribution in [2.24, 2.45) is 4.99 Å². The molecule has 0 bridgehead atoms. The molecule has 1 aliphatic heterocycles. The van der Waals surface area contributed by atoms with Crippen molar-refractivity contribution in [1.82, 2.24) is 0 Å². The largest absolute Gasteiger partial charge is 0.402 e. The van der Waals surface area contributed by atoms with Crippen molar-refractivity contribution in [3.63, 3.8) is 0 Å². The Balaban J connectivity index is 1.73. The van der Waals surface area contributed by atoms with Crippen LogP contribution in [-0.2, 0) is 9.53 Å². The number of esters is 1. The smallest absolute Gasteiger partial charge is 0.363 e. The van der Waals surface area contributed by atoms with E-state index >= 15 is 0 Å². The Morgan fingerprint density at radius 2 is 1.67 bits per heavy atom. The van der Waals surface area contributed by atoms with Crippen molar-refractivity contribution in [3.05, 3.63) is 89.4 Å². The third-order valence-electron chi connectivity index (χ3n) is 3.80. The zero-order valence-corrected chi connectivity index (χ0v) is 12.6. The van der Waals surface area contributed by atoms with Crippen LogP contribution in [0.25, 0.3) is 16.8 Å². The van der Waals surface area contributed by atoms with Crippen molar-refractivity contribution in [2.45, 2.75) is 0 Å². The van der Waals surface area contributed by atoms with E-state index in [1.54, 1.807) is 18.2 Å². The van der Waals surface area contributed by atoms with Gasteiger partial charge in [0.1, 0.15) is 5.82 Å². The van der Waals surface area contributed by atoms with E-state index in [0.29, 0.717) is 0 Å². The molecule has 3 aromatic carbocycles. The summed E-state index contributed by atoms with van der Waals surface area (Å²) in [6.07, 6.45) is 1.64. The first-order valence-corrected chi connectivity index (χ1v) is 7.47. The van der Waals surface area contributed by atoms with Crippen molar-refractivity contribution in [1.29, 1.82) is 0 Å². The molecular formula is C20H12FNO2. The lowest BCUT2D eigenvalue weighted by Crippen LogP contribution is -2.07. The summed E-state index contributed by atoms with van der Waals surface area (Å²) in [5, 5.41) is 2.18. The van der Waals surface area contributed by atoms with Crippen LogP contribution in [0.4, 0.5) is 4.39 Å². The predicted molar refractivity (Wildman–Crippen MR) is 91.0 cm³/mol. The van der Waals surface area contributed by atoms with E-state index in [1.807, 2.05) is 42.5 Å². The predicted octanol–water partition coefficient (Wildman–Crippen LogP) is 4.32. The van der Waals surface area contributed by atoms with Crippen LogP contribution in [0.5, 0.6) is 0 Å². The van der Waals surface area contributed by atoms with Gasteiger partial charge in [-0.3, -0.25) is 0 Å². The second-order valence-corrected chi connectivity index (χ2v) is 5.42.